The number of imidazole rings is 1. The van der Waals surface area contributed by atoms with Crippen molar-refractivity contribution >= 4 is 27.8 Å². The largest absolute Gasteiger partial charge is 0.492 e. The van der Waals surface area contributed by atoms with Gasteiger partial charge >= 0.3 is 0 Å². The van der Waals surface area contributed by atoms with E-state index in [1.807, 2.05) is 55.4 Å². The Kier molecular flexibility index (Phi) is 5.93. The van der Waals surface area contributed by atoms with Gasteiger partial charge in [-0.3, -0.25) is 10.1 Å². The monoisotopic (exact) mass is 508 g/mol. The molecule has 190 valence electrons. The molecule has 0 atom stereocenters. The first-order valence-corrected chi connectivity index (χ1v) is 12.1. The molecule has 0 unspecified atom stereocenters. The fourth-order valence-corrected chi connectivity index (χ4v) is 4.40. The Morgan fingerprint density at radius 1 is 1.00 bits per heavy atom. The van der Waals surface area contributed by atoms with Crippen molar-refractivity contribution in [3.63, 3.8) is 0 Å². The van der Waals surface area contributed by atoms with Crippen LogP contribution in [-0.4, -0.2) is 62.3 Å². The number of fused-ring (bicyclic) bond motifs is 2. The molecule has 4 heterocycles. The van der Waals surface area contributed by atoms with Gasteiger partial charge in [-0.15, -0.1) is 0 Å². The Morgan fingerprint density at radius 2 is 1.89 bits per heavy atom. The quantitative estimate of drug-likeness (QED) is 0.281. The summed E-state index contributed by atoms with van der Waals surface area (Å²) in [6.07, 6.45) is 5.04. The van der Waals surface area contributed by atoms with Crippen LogP contribution >= 0.6 is 0 Å². The maximum atomic E-state index is 14.5. The first-order chi connectivity index (χ1) is 18.4. The van der Waals surface area contributed by atoms with Crippen molar-refractivity contribution in [1.82, 2.24) is 35.0 Å². The van der Waals surface area contributed by atoms with Crippen LogP contribution in [0, 0.1) is 5.82 Å². The Labute approximate surface area is 217 Å². The number of halogens is 1. The summed E-state index contributed by atoms with van der Waals surface area (Å²) in [4.78, 5) is 18.7. The highest BCUT2D eigenvalue weighted by Crippen LogP contribution is 2.34. The number of hydrogen-bond donors (Lipinski definition) is 3. The lowest BCUT2D eigenvalue weighted by molar-refractivity contribution is 0.260. The van der Waals surface area contributed by atoms with Crippen molar-refractivity contribution in [3.8, 4) is 39.5 Å². The Balaban J connectivity index is 1.40. The van der Waals surface area contributed by atoms with Crippen molar-refractivity contribution in [3.05, 3.63) is 72.9 Å². The minimum atomic E-state index is -0.381. The third-order valence-electron chi connectivity index (χ3n) is 6.26. The van der Waals surface area contributed by atoms with E-state index in [0.29, 0.717) is 46.3 Å². The molecule has 0 spiro atoms. The van der Waals surface area contributed by atoms with Gasteiger partial charge in [-0.05, 0) is 61.6 Å². The van der Waals surface area contributed by atoms with Crippen LogP contribution in [-0.2, 0) is 0 Å². The van der Waals surface area contributed by atoms with Crippen LogP contribution in [0.4, 0.5) is 10.1 Å². The van der Waals surface area contributed by atoms with Crippen molar-refractivity contribution < 1.29 is 9.13 Å². The van der Waals surface area contributed by atoms with Crippen LogP contribution in [0.1, 0.15) is 0 Å². The number of nitrogens with zero attached hydrogens (tertiary/aromatic N) is 5. The third kappa shape index (κ3) is 4.53. The number of H-pyrrole nitrogens is 2. The summed E-state index contributed by atoms with van der Waals surface area (Å²) < 4.78 is 20.3. The first kappa shape index (κ1) is 23.6. The number of nitrogens with two attached hydrogens (primary N) is 1. The van der Waals surface area contributed by atoms with E-state index >= 15 is 0 Å². The maximum Gasteiger partial charge on any atom is 0.178 e. The molecule has 10 heteroatoms. The third-order valence-corrected chi connectivity index (χ3v) is 6.26. The number of nitrogens with one attached hydrogen (secondary N) is 2. The normalized spacial score (nSPS) is 11.6. The number of likely N-dealkylation sites (N-methyl/N-ethyl adjacent to an activating group) is 1. The van der Waals surface area contributed by atoms with Crippen molar-refractivity contribution in [2.45, 2.75) is 0 Å². The van der Waals surface area contributed by atoms with Gasteiger partial charge in [0.2, 0.25) is 0 Å². The van der Waals surface area contributed by atoms with Gasteiger partial charge in [0.1, 0.15) is 23.9 Å². The summed E-state index contributed by atoms with van der Waals surface area (Å²) in [5, 5.41) is 8.47. The highest BCUT2D eigenvalue weighted by atomic mass is 19.1. The van der Waals surface area contributed by atoms with E-state index in [-0.39, 0.29) is 5.82 Å². The predicted molar refractivity (Wildman–Crippen MR) is 146 cm³/mol. The fraction of sp³-hybridized carbons (Fsp3) is 0.143. The highest BCUT2D eigenvalue weighted by Gasteiger charge is 2.17. The van der Waals surface area contributed by atoms with Crippen LogP contribution in [0.25, 0.3) is 55.8 Å². The van der Waals surface area contributed by atoms with E-state index < -0.39 is 0 Å². The molecule has 6 rings (SSSR count). The molecular weight excluding hydrogens is 483 g/mol. The van der Waals surface area contributed by atoms with Crippen molar-refractivity contribution in [1.29, 1.82) is 0 Å². The van der Waals surface area contributed by atoms with Gasteiger partial charge in [0.15, 0.2) is 11.5 Å². The smallest absolute Gasteiger partial charge is 0.178 e. The average Bonchev–Trinajstić information content (AvgIpc) is 3.51. The van der Waals surface area contributed by atoms with Crippen LogP contribution in [0.3, 0.4) is 0 Å². The van der Waals surface area contributed by atoms with Crippen molar-refractivity contribution in [2.75, 3.05) is 33.0 Å². The van der Waals surface area contributed by atoms with Gasteiger partial charge in [0.25, 0.3) is 0 Å². The summed E-state index contributed by atoms with van der Waals surface area (Å²) in [6.45, 7) is 1.18. The molecule has 0 aliphatic rings. The fourth-order valence-electron chi connectivity index (χ4n) is 4.40. The summed E-state index contributed by atoms with van der Waals surface area (Å²) in [7, 11) is 3.92. The number of benzene rings is 2. The number of aromatic nitrogens is 6. The molecule has 4 N–H and O–H groups in total. The zero-order chi connectivity index (χ0) is 26.2. The number of aromatic amines is 2. The number of pyridine rings is 2. The molecule has 0 aliphatic heterocycles. The minimum absolute atomic E-state index is 0.381. The van der Waals surface area contributed by atoms with Gasteiger partial charge in [0, 0.05) is 47.7 Å². The van der Waals surface area contributed by atoms with Gasteiger partial charge in [-0.1, -0.05) is 6.07 Å². The second-order valence-electron chi connectivity index (χ2n) is 9.31. The number of nitrogen functional groups attached to an aromatic ring is 1. The summed E-state index contributed by atoms with van der Waals surface area (Å²) in [5.41, 5.74) is 12.5. The van der Waals surface area contributed by atoms with E-state index in [1.165, 1.54) is 12.1 Å². The molecule has 38 heavy (non-hydrogen) atoms. The van der Waals surface area contributed by atoms with Crippen molar-refractivity contribution in [2.24, 2.45) is 0 Å². The van der Waals surface area contributed by atoms with Gasteiger partial charge < -0.3 is 20.4 Å². The van der Waals surface area contributed by atoms with Crippen LogP contribution in [0.15, 0.2) is 67.1 Å². The number of rotatable bonds is 7. The predicted octanol–water partition coefficient (Wildman–Crippen LogP) is 4.89. The van der Waals surface area contributed by atoms with E-state index in [9.17, 15) is 4.39 Å². The minimum Gasteiger partial charge on any atom is -0.492 e. The topological polar surface area (TPSA) is 122 Å². The van der Waals surface area contributed by atoms with E-state index in [4.69, 9.17) is 15.5 Å². The number of ether oxygens (including phenoxy) is 1. The molecule has 2 aromatic carbocycles. The zero-order valence-electron chi connectivity index (χ0n) is 20.9. The number of anilines is 1. The molecule has 0 aliphatic carbocycles. The maximum absolute atomic E-state index is 14.5. The summed E-state index contributed by atoms with van der Waals surface area (Å²) in [6, 6.07) is 14.4. The molecule has 0 saturated carbocycles. The Morgan fingerprint density at radius 3 is 2.74 bits per heavy atom. The zero-order valence-corrected chi connectivity index (χ0v) is 20.9. The van der Waals surface area contributed by atoms with Gasteiger partial charge in [-0.25, -0.2) is 14.4 Å². The van der Waals surface area contributed by atoms with E-state index in [1.54, 1.807) is 18.6 Å². The lowest BCUT2D eigenvalue weighted by Crippen LogP contribution is -2.19. The van der Waals surface area contributed by atoms with Crippen LogP contribution < -0.4 is 10.5 Å². The molecule has 9 nitrogen and oxygen atoms in total. The molecule has 0 fully saturated rings. The summed E-state index contributed by atoms with van der Waals surface area (Å²) >= 11 is 0. The average molecular weight is 509 g/mol. The Bertz CT molecular complexity index is 1770. The highest BCUT2D eigenvalue weighted by molar-refractivity contribution is 5.97. The summed E-state index contributed by atoms with van der Waals surface area (Å²) in [5.74, 6) is 0.634. The Hall–Kier alpha value is -4.83. The molecule has 0 bridgehead atoms. The lowest BCUT2D eigenvalue weighted by Gasteiger charge is -2.12. The first-order valence-electron chi connectivity index (χ1n) is 12.1. The second-order valence-corrected chi connectivity index (χ2v) is 9.31. The van der Waals surface area contributed by atoms with Crippen LogP contribution in [0.5, 0.6) is 5.75 Å². The molecule has 6 aromatic rings. The number of hydrogen-bond acceptors (Lipinski definition) is 7. The van der Waals surface area contributed by atoms with Gasteiger partial charge in [0.05, 0.1) is 16.7 Å². The van der Waals surface area contributed by atoms with Gasteiger partial charge in [-0.2, -0.15) is 5.10 Å². The lowest BCUT2D eigenvalue weighted by atomic mass is 10.0. The second kappa shape index (κ2) is 9.56. The molecule has 0 radical (unpaired) electrons. The molecular formula is C28H25FN8O. The molecule has 0 amide bonds. The SMILES string of the molecule is CN(C)CCOc1cc(F)cc(-c2ccnc3nc(-c4n[nH]c5ccc(-c6cncc(N)c6)cc45)[nH]c23)c1. The van der Waals surface area contributed by atoms with E-state index in [0.717, 1.165) is 34.1 Å². The standard InChI is InChI=1S/C28H25FN8O/c1-37(2)7-8-38-21-11-17(9-19(29)13-21)22-5-6-32-27-25(22)33-28(34-27)26-23-12-16(3-4-24(23)35-36-26)18-10-20(30)15-31-14-18/h3-6,9-15H,7-8,30H2,1-2H3,(H,35,36)(H,32,33,34). The molecule has 4 aromatic heterocycles. The molecule has 0 saturated heterocycles. The van der Waals surface area contributed by atoms with Crippen LogP contribution in [0.2, 0.25) is 0 Å². The van der Waals surface area contributed by atoms with E-state index in [2.05, 4.69) is 25.1 Å².